The maximum Gasteiger partial charge on any atom is 0.263 e. The quantitative estimate of drug-likeness (QED) is 0.490. The van der Waals surface area contributed by atoms with Gasteiger partial charge in [-0.1, -0.05) is 48.5 Å². The molecule has 1 N–H and O–H groups in total. The number of carbonyl (C=O) groups excluding carboxylic acids is 1. The van der Waals surface area contributed by atoms with Crippen LogP contribution in [0, 0.1) is 0 Å². The molecular weight excluding hydrogens is 320 g/mol. The minimum absolute atomic E-state index is 0.00457. The topological polar surface area (TPSA) is 36.1 Å². The van der Waals surface area contributed by atoms with Gasteiger partial charge in [0, 0.05) is 28.4 Å². The van der Waals surface area contributed by atoms with Crippen LogP contribution in [0.1, 0.15) is 11.1 Å². The summed E-state index contributed by atoms with van der Waals surface area (Å²) in [6, 6.07) is 26.0. The Morgan fingerprint density at radius 3 is 2.54 bits per heavy atom. The van der Waals surface area contributed by atoms with E-state index in [1.165, 1.54) is 0 Å². The second kappa shape index (κ2) is 5.74. The number of H-pyrrole nitrogens is 1. The van der Waals surface area contributed by atoms with Crippen LogP contribution >= 0.6 is 0 Å². The van der Waals surface area contributed by atoms with Crippen molar-refractivity contribution in [3.8, 4) is 0 Å². The van der Waals surface area contributed by atoms with E-state index in [1.807, 2.05) is 91.1 Å². The average Bonchev–Trinajstić information content (AvgIpc) is 3.25. The van der Waals surface area contributed by atoms with E-state index in [0.29, 0.717) is 0 Å². The Balaban J connectivity index is 1.67. The van der Waals surface area contributed by atoms with Crippen molar-refractivity contribution < 1.29 is 4.79 Å². The lowest BCUT2D eigenvalue weighted by atomic mass is 10.0. The van der Waals surface area contributed by atoms with Crippen molar-refractivity contribution in [2.24, 2.45) is 0 Å². The highest BCUT2D eigenvalue weighted by Crippen LogP contribution is 2.42. The van der Waals surface area contributed by atoms with E-state index in [0.717, 1.165) is 39.0 Å². The van der Waals surface area contributed by atoms with Crippen molar-refractivity contribution in [2.75, 3.05) is 4.90 Å². The molecule has 0 fully saturated rings. The molecule has 3 aromatic carbocycles. The van der Waals surface area contributed by atoms with Crippen LogP contribution in [-0.4, -0.2) is 10.9 Å². The molecule has 0 saturated carbocycles. The van der Waals surface area contributed by atoms with Gasteiger partial charge in [0.15, 0.2) is 0 Å². The lowest BCUT2D eigenvalue weighted by Gasteiger charge is -2.17. The van der Waals surface area contributed by atoms with Gasteiger partial charge in [-0.2, -0.15) is 0 Å². The van der Waals surface area contributed by atoms with E-state index < -0.39 is 0 Å². The number of nitrogens with one attached hydrogen (secondary N) is 1. The van der Waals surface area contributed by atoms with Gasteiger partial charge in [0.05, 0.1) is 11.3 Å². The first-order chi connectivity index (χ1) is 12.8. The lowest BCUT2D eigenvalue weighted by molar-refractivity contribution is -0.112. The molecule has 4 aromatic rings. The molecule has 0 saturated heterocycles. The minimum Gasteiger partial charge on any atom is -0.361 e. The Bertz CT molecular complexity index is 1160. The zero-order chi connectivity index (χ0) is 17.5. The van der Waals surface area contributed by atoms with Crippen molar-refractivity contribution in [1.29, 1.82) is 0 Å². The number of amides is 1. The molecule has 26 heavy (non-hydrogen) atoms. The number of hydrogen-bond donors (Lipinski definition) is 1. The number of carbonyl (C=O) groups is 1. The van der Waals surface area contributed by atoms with Gasteiger partial charge in [-0.3, -0.25) is 9.69 Å². The van der Waals surface area contributed by atoms with E-state index in [2.05, 4.69) is 4.98 Å². The Morgan fingerprint density at radius 2 is 1.65 bits per heavy atom. The third kappa shape index (κ3) is 2.25. The standard InChI is InChI=1S/C23H16N2O/c26-23-20(14-16-6-2-1-3-7-16)19-8-4-5-9-22(19)25(23)18-10-11-21-17(15-18)12-13-24-21/h1-15,24H. The highest BCUT2D eigenvalue weighted by molar-refractivity contribution is 6.38. The van der Waals surface area contributed by atoms with Crippen LogP contribution in [0.4, 0.5) is 11.4 Å². The second-order valence-electron chi connectivity index (χ2n) is 6.38. The number of aromatic amines is 1. The normalized spacial score (nSPS) is 15.0. The van der Waals surface area contributed by atoms with Crippen LogP contribution in [0.15, 0.2) is 85.1 Å². The molecule has 0 bridgehead atoms. The highest BCUT2D eigenvalue weighted by atomic mass is 16.2. The molecule has 0 spiro atoms. The van der Waals surface area contributed by atoms with Crippen LogP contribution < -0.4 is 4.90 Å². The fraction of sp³-hybridized carbons (Fsp3) is 0. The van der Waals surface area contributed by atoms with Crippen LogP contribution in [0.3, 0.4) is 0 Å². The summed E-state index contributed by atoms with van der Waals surface area (Å²) in [5, 5.41) is 1.09. The smallest absolute Gasteiger partial charge is 0.263 e. The summed E-state index contributed by atoms with van der Waals surface area (Å²) in [7, 11) is 0. The first-order valence-electron chi connectivity index (χ1n) is 8.59. The van der Waals surface area contributed by atoms with Gasteiger partial charge in [-0.05, 0) is 42.0 Å². The van der Waals surface area contributed by atoms with E-state index in [1.54, 1.807) is 4.90 Å². The number of anilines is 2. The maximum absolute atomic E-state index is 13.3. The molecule has 1 aromatic heterocycles. The molecule has 1 aliphatic rings. The predicted molar refractivity (Wildman–Crippen MR) is 106 cm³/mol. The Kier molecular flexibility index (Phi) is 3.25. The lowest BCUT2D eigenvalue weighted by Crippen LogP contribution is -2.20. The summed E-state index contributed by atoms with van der Waals surface area (Å²) >= 11 is 0. The van der Waals surface area contributed by atoms with Crippen LogP contribution in [-0.2, 0) is 4.79 Å². The van der Waals surface area contributed by atoms with Crippen molar-refractivity contribution in [2.45, 2.75) is 0 Å². The van der Waals surface area contributed by atoms with Gasteiger partial charge in [-0.25, -0.2) is 0 Å². The maximum atomic E-state index is 13.3. The van der Waals surface area contributed by atoms with Gasteiger partial charge < -0.3 is 4.98 Å². The summed E-state index contributed by atoms with van der Waals surface area (Å²) < 4.78 is 0. The number of para-hydroxylation sites is 1. The molecule has 5 rings (SSSR count). The van der Waals surface area contributed by atoms with Gasteiger partial charge in [0.25, 0.3) is 5.91 Å². The second-order valence-corrected chi connectivity index (χ2v) is 6.38. The van der Waals surface area contributed by atoms with Crippen molar-refractivity contribution in [1.82, 2.24) is 4.98 Å². The first kappa shape index (κ1) is 14.7. The number of rotatable bonds is 2. The molecule has 0 atom stereocenters. The third-order valence-corrected chi connectivity index (χ3v) is 4.77. The van der Waals surface area contributed by atoms with Crippen LogP contribution in [0.5, 0.6) is 0 Å². The van der Waals surface area contributed by atoms with Crippen molar-refractivity contribution >= 4 is 39.8 Å². The molecule has 124 valence electrons. The number of nitrogens with zero attached hydrogens (tertiary/aromatic N) is 1. The first-order valence-corrected chi connectivity index (χ1v) is 8.59. The van der Waals surface area contributed by atoms with Gasteiger partial charge in [0.1, 0.15) is 0 Å². The number of fused-ring (bicyclic) bond motifs is 2. The fourth-order valence-electron chi connectivity index (χ4n) is 3.53. The largest absolute Gasteiger partial charge is 0.361 e. The minimum atomic E-state index is 0.00457. The van der Waals surface area contributed by atoms with Gasteiger partial charge >= 0.3 is 0 Å². The Morgan fingerprint density at radius 1 is 0.846 bits per heavy atom. The SMILES string of the molecule is O=C1C(=Cc2ccccc2)c2ccccc2N1c1ccc2[nH]ccc2c1. The molecule has 0 aliphatic carbocycles. The zero-order valence-corrected chi connectivity index (χ0v) is 14.0. The molecule has 3 nitrogen and oxygen atoms in total. The summed E-state index contributed by atoms with van der Waals surface area (Å²) in [5.74, 6) is 0.00457. The number of aromatic nitrogens is 1. The van der Waals surface area contributed by atoms with Gasteiger partial charge in [-0.15, -0.1) is 0 Å². The summed E-state index contributed by atoms with van der Waals surface area (Å²) in [5.41, 5.74) is 5.58. The number of hydrogen-bond acceptors (Lipinski definition) is 1. The molecule has 1 amide bonds. The summed E-state index contributed by atoms with van der Waals surface area (Å²) in [6.45, 7) is 0. The van der Waals surface area contributed by atoms with E-state index in [9.17, 15) is 4.79 Å². The molecule has 3 heteroatoms. The highest BCUT2D eigenvalue weighted by Gasteiger charge is 2.33. The van der Waals surface area contributed by atoms with Crippen molar-refractivity contribution in [3.05, 3.63) is 96.2 Å². The molecular formula is C23H16N2O. The zero-order valence-electron chi connectivity index (χ0n) is 14.0. The van der Waals surface area contributed by atoms with Crippen LogP contribution in [0.25, 0.3) is 22.6 Å². The van der Waals surface area contributed by atoms with Crippen LogP contribution in [0.2, 0.25) is 0 Å². The summed E-state index contributed by atoms with van der Waals surface area (Å²) in [6.07, 6.45) is 3.88. The molecule has 2 heterocycles. The van der Waals surface area contributed by atoms with Crippen molar-refractivity contribution in [3.63, 3.8) is 0 Å². The Labute approximate surface area is 151 Å². The monoisotopic (exact) mass is 336 g/mol. The van der Waals surface area contributed by atoms with E-state index in [-0.39, 0.29) is 5.91 Å². The summed E-state index contributed by atoms with van der Waals surface area (Å²) in [4.78, 5) is 18.3. The average molecular weight is 336 g/mol. The Hall–Kier alpha value is -3.59. The van der Waals surface area contributed by atoms with Gasteiger partial charge in [0.2, 0.25) is 0 Å². The number of benzene rings is 3. The molecule has 0 radical (unpaired) electrons. The van der Waals surface area contributed by atoms with E-state index in [4.69, 9.17) is 0 Å². The van der Waals surface area contributed by atoms with E-state index >= 15 is 0 Å². The molecule has 0 unspecified atom stereocenters. The predicted octanol–water partition coefficient (Wildman–Crippen LogP) is 5.39. The third-order valence-electron chi connectivity index (χ3n) is 4.77. The molecule has 1 aliphatic heterocycles. The fourth-order valence-corrected chi connectivity index (χ4v) is 3.53.